The van der Waals surface area contributed by atoms with Crippen LogP contribution >= 0.6 is 11.6 Å². The molecule has 0 aromatic carbocycles. The van der Waals surface area contributed by atoms with Gasteiger partial charge in [-0.15, -0.1) is 11.6 Å². The minimum Gasteiger partial charge on any atom is -0.265 e. The molecule has 78 valence electrons. The summed E-state index contributed by atoms with van der Waals surface area (Å²) in [4.78, 5) is 4.01. The van der Waals surface area contributed by atoms with E-state index in [9.17, 15) is 0 Å². The zero-order chi connectivity index (χ0) is 10.8. The van der Waals surface area contributed by atoms with Gasteiger partial charge in [-0.1, -0.05) is 27.7 Å². The number of nitrogens with zero attached hydrogens (tertiary/aromatic N) is 1. The summed E-state index contributed by atoms with van der Waals surface area (Å²) in [7, 11) is 0. The Kier molecular flexibility index (Phi) is 3.54. The Morgan fingerprint density at radius 1 is 1.21 bits per heavy atom. The van der Waals surface area contributed by atoms with Gasteiger partial charge >= 0.3 is 0 Å². The highest BCUT2D eigenvalue weighted by Gasteiger charge is 2.28. The maximum absolute atomic E-state index is 6.42. The topological polar surface area (TPSA) is 12.9 Å². The van der Waals surface area contributed by atoms with Gasteiger partial charge in [0.15, 0.2) is 0 Å². The predicted octanol–water partition coefficient (Wildman–Crippen LogP) is 3.84. The first-order chi connectivity index (χ1) is 6.43. The molecule has 0 fully saturated rings. The molecule has 1 aromatic heterocycles. The highest BCUT2D eigenvalue weighted by atomic mass is 35.5. The second-order valence-electron chi connectivity index (χ2n) is 4.84. The Morgan fingerprint density at radius 3 is 2.14 bits per heavy atom. The minimum atomic E-state index is 0.129. The molecule has 0 bridgehead atoms. The van der Waals surface area contributed by atoms with Crippen molar-refractivity contribution in [3.8, 4) is 0 Å². The van der Waals surface area contributed by atoms with Crippen LogP contribution in [0.3, 0.4) is 0 Å². The number of aromatic nitrogens is 1. The number of rotatable bonds is 2. The van der Waals surface area contributed by atoms with Crippen LogP contribution in [-0.2, 0) is 0 Å². The second kappa shape index (κ2) is 4.31. The molecule has 0 aliphatic rings. The molecule has 1 rings (SSSR count). The zero-order valence-electron chi connectivity index (χ0n) is 9.29. The van der Waals surface area contributed by atoms with Crippen LogP contribution in [0.1, 0.15) is 39.2 Å². The number of hydrogen-bond donors (Lipinski definition) is 0. The Morgan fingerprint density at radius 2 is 1.71 bits per heavy atom. The van der Waals surface area contributed by atoms with E-state index in [4.69, 9.17) is 11.6 Å². The zero-order valence-corrected chi connectivity index (χ0v) is 10.0. The molecule has 0 radical (unpaired) electrons. The fraction of sp³-hybridized carbons (Fsp3) is 0.583. The number of pyridine rings is 1. The highest BCUT2D eigenvalue weighted by Crippen LogP contribution is 2.35. The lowest BCUT2D eigenvalue weighted by Crippen LogP contribution is -2.26. The molecule has 0 spiro atoms. The fourth-order valence-corrected chi connectivity index (χ4v) is 1.73. The Hall–Kier alpha value is -0.560. The molecule has 2 heteroatoms. The molecule has 1 nitrogen and oxygen atoms in total. The van der Waals surface area contributed by atoms with Crippen LogP contribution in [0, 0.1) is 5.41 Å². The molecule has 2 unspecified atom stereocenters. The maximum Gasteiger partial charge on any atom is 0.0450 e. The third-order valence-corrected chi connectivity index (χ3v) is 3.53. The predicted molar refractivity (Wildman–Crippen MR) is 61.7 cm³/mol. The van der Waals surface area contributed by atoms with E-state index in [1.165, 1.54) is 5.56 Å². The van der Waals surface area contributed by atoms with Gasteiger partial charge in [0.2, 0.25) is 0 Å². The van der Waals surface area contributed by atoms with Gasteiger partial charge in [-0.2, -0.15) is 0 Å². The molecule has 0 amide bonds. The normalized spacial score (nSPS) is 16.4. The van der Waals surface area contributed by atoms with E-state index in [1.54, 1.807) is 0 Å². The third-order valence-electron chi connectivity index (χ3n) is 2.50. The maximum atomic E-state index is 6.42. The van der Waals surface area contributed by atoms with Crippen LogP contribution < -0.4 is 0 Å². The first-order valence-corrected chi connectivity index (χ1v) is 5.40. The van der Waals surface area contributed by atoms with E-state index in [0.717, 1.165) is 0 Å². The first kappa shape index (κ1) is 11.5. The van der Waals surface area contributed by atoms with E-state index in [0.29, 0.717) is 5.92 Å². The molecular weight excluding hydrogens is 194 g/mol. The lowest BCUT2D eigenvalue weighted by molar-refractivity contribution is 0.357. The van der Waals surface area contributed by atoms with E-state index in [2.05, 4.69) is 32.7 Å². The summed E-state index contributed by atoms with van der Waals surface area (Å²) < 4.78 is 0. The van der Waals surface area contributed by atoms with Crippen molar-refractivity contribution in [1.82, 2.24) is 4.98 Å². The summed E-state index contributed by atoms with van der Waals surface area (Å²) >= 11 is 6.42. The summed E-state index contributed by atoms with van der Waals surface area (Å²) in [5.74, 6) is 0.361. The molecule has 0 aliphatic heterocycles. The minimum absolute atomic E-state index is 0.129. The largest absolute Gasteiger partial charge is 0.265 e. The van der Waals surface area contributed by atoms with Crippen molar-refractivity contribution >= 4 is 11.6 Å². The fourth-order valence-electron chi connectivity index (χ4n) is 1.59. The molecule has 0 saturated heterocycles. The van der Waals surface area contributed by atoms with E-state index < -0.39 is 0 Å². The Bertz CT molecular complexity index is 276. The van der Waals surface area contributed by atoms with Crippen LogP contribution in [0.25, 0.3) is 0 Å². The van der Waals surface area contributed by atoms with Gasteiger partial charge in [0.25, 0.3) is 0 Å². The van der Waals surface area contributed by atoms with Crippen molar-refractivity contribution in [2.45, 2.75) is 39.0 Å². The monoisotopic (exact) mass is 211 g/mol. The van der Waals surface area contributed by atoms with Crippen LogP contribution in [0.5, 0.6) is 0 Å². The lowest BCUT2D eigenvalue weighted by Gasteiger charge is -2.30. The smallest absolute Gasteiger partial charge is 0.0450 e. The molecular formula is C12H18ClN. The van der Waals surface area contributed by atoms with Crippen molar-refractivity contribution in [2.75, 3.05) is 0 Å². The van der Waals surface area contributed by atoms with Crippen molar-refractivity contribution in [2.24, 2.45) is 5.41 Å². The van der Waals surface area contributed by atoms with Gasteiger partial charge in [-0.3, -0.25) is 4.98 Å². The summed E-state index contributed by atoms with van der Waals surface area (Å²) in [5.41, 5.74) is 1.39. The van der Waals surface area contributed by atoms with Crippen molar-refractivity contribution in [1.29, 1.82) is 0 Å². The highest BCUT2D eigenvalue weighted by molar-refractivity contribution is 6.21. The van der Waals surface area contributed by atoms with Crippen LogP contribution in [-0.4, -0.2) is 10.4 Å². The average molecular weight is 212 g/mol. The van der Waals surface area contributed by atoms with Crippen molar-refractivity contribution < 1.29 is 0 Å². The lowest BCUT2D eigenvalue weighted by atomic mass is 9.82. The number of alkyl halides is 1. The van der Waals surface area contributed by atoms with Gasteiger partial charge in [-0.25, -0.2) is 0 Å². The molecule has 1 aromatic rings. The Labute approximate surface area is 91.5 Å². The molecule has 0 aliphatic carbocycles. The Balaban J connectivity index is 2.81. The molecule has 0 saturated carbocycles. The summed E-state index contributed by atoms with van der Waals surface area (Å²) in [6, 6.07) is 4.07. The van der Waals surface area contributed by atoms with Crippen LogP contribution in [0.2, 0.25) is 0 Å². The van der Waals surface area contributed by atoms with Gasteiger partial charge in [0, 0.05) is 17.8 Å². The standard InChI is InChI=1S/C12H18ClN/c1-9(11(13)12(2,3)4)10-5-7-14-8-6-10/h5-9,11H,1-4H3. The van der Waals surface area contributed by atoms with Crippen LogP contribution in [0.15, 0.2) is 24.5 Å². The number of halogens is 1. The summed E-state index contributed by atoms with van der Waals surface area (Å²) in [5, 5.41) is 0.143. The van der Waals surface area contributed by atoms with E-state index >= 15 is 0 Å². The van der Waals surface area contributed by atoms with E-state index in [1.807, 2.05) is 24.5 Å². The summed E-state index contributed by atoms with van der Waals surface area (Å²) in [6.07, 6.45) is 3.64. The molecule has 2 atom stereocenters. The van der Waals surface area contributed by atoms with E-state index in [-0.39, 0.29) is 10.8 Å². The molecule has 0 N–H and O–H groups in total. The van der Waals surface area contributed by atoms with Gasteiger partial charge < -0.3 is 0 Å². The van der Waals surface area contributed by atoms with Gasteiger partial charge in [0.05, 0.1) is 0 Å². The van der Waals surface area contributed by atoms with Crippen LogP contribution in [0.4, 0.5) is 0 Å². The van der Waals surface area contributed by atoms with Crippen molar-refractivity contribution in [3.63, 3.8) is 0 Å². The van der Waals surface area contributed by atoms with Gasteiger partial charge in [-0.05, 0) is 29.0 Å². The quantitative estimate of drug-likeness (QED) is 0.678. The van der Waals surface area contributed by atoms with Crippen molar-refractivity contribution in [3.05, 3.63) is 30.1 Å². The molecule has 1 heterocycles. The summed E-state index contributed by atoms with van der Waals surface area (Å²) in [6.45, 7) is 8.67. The third kappa shape index (κ3) is 2.71. The second-order valence-corrected chi connectivity index (χ2v) is 5.31. The molecule has 14 heavy (non-hydrogen) atoms. The number of hydrogen-bond acceptors (Lipinski definition) is 1. The SMILES string of the molecule is CC(c1ccncc1)C(Cl)C(C)(C)C. The average Bonchev–Trinajstić information content (AvgIpc) is 2.15. The first-order valence-electron chi connectivity index (χ1n) is 4.97. The van der Waals surface area contributed by atoms with Gasteiger partial charge in [0.1, 0.15) is 0 Å².